The molecule has 8 heteroatoms. The first kappa shape index (κ1) is 25.2. The molecule has 186 valence electrons. The van der Waals surface area contributed by atoms with Crippen LogP contribution in [0.3, 0.4) is 0 Å². The molecule has 0 saturated carbocycles. The van der Waals surface area contributed by atoms with Gasteiger partial charge in [-0.25, -0.2) is 18.1 Å². The third-order valence-corrected chi connectivity index (χ3v) is 7.81. The van der Waals surface area contributed by atoms with E-state index in [-0.39, 0.29) is 4.90 Å². The topological polar surface area (TPSA) is 80.8 Å². The molecule has 0 bridgehead atoms. The molecule has 1 fully saturated rings. The summed E-state index contributed by atoms with van der Waals surface area (Å²) in [5.74, 6) is 1.18. The molecular formula is C27H33N3O4S. The van der Waals surface area contributed by atoms with Crippen molar-refractivity contribution in [3.05, 3.63) is 77.5 Å². The molecule has 1 atom stereocenters. The molecule has 7 nitrogen and oxygen atoms in total. The Kier molecular flexibility index (Phi) is 8.05. The van der Waals surface area contributed by atoms with Gasteiger partial charge in [0.05, 0.1) is 18.1 Å². The first-order valence-electron chi connectivity index (χ1n) is 12.1. The highest BCUT2D eigenvalue weighted by Gasteiger charge is 2.22. The summed E-state index contributed by atoms with van der Waals surface area (Å²) in [7, 11) is -3.67. The predicted octanol–water partition coefficient (Wildman–Crippen LogP) is 4.87. The van der Waals surface area contributed by atoms with Gasteiger partial charge in [-0.1, -0.05) is 32.0 Å². The fraction of sp³-hybridized carbons (Fsp3) is 0.370. The van der Waals surface area contributed by atoms with Crippen molar-refractivity contribution >= 4 is 15.7 Å². The second-order valence-corrected chi connectivity index (χ2v) is 10.3. The molecule has 2 aromatic carbocycles. The number of aryl methyl sites for hydroxylation is 1. The van der Waals surface area contributed by atoms with E-state index in [9.17, 15) is 8.42 Å². The van der Waals surface area contributed by atoms with Crippen molar-refractivity contribution in [3.63, 3.8) is 0 Å². The number of pyridine rings is 1. The monoisotopic (exact) mass is 495 g/mol. The molecule has 0 amide bonds. The number of aromatic nitrogens is 1. The highest BCUT2D eigenvalue weighted by molar-refractivity contribution is 7.89. The van der Waals surface area contributed by atoms with Gasteiger partial charge in [0.2, 0.25) is 15.9 Å². The van der Waals surface area contributed by atoms with E-state index in [1.54, 1.807) is 18.3 Å². The van der Waals surface area contributed by atoms with Gasteiger partial charge in [-0.05, 0) is 61.2 Å². The van der Waals surface area contributed by atoms with E-state index in [4.69, 9.17) is 9.47 Å². The van der Waals surface area contributed by atoms with Crippen molar-refractivity contribution in [1.82, 2.24) is 9.71 Å². The van der Waals surface area contributed by atoms with Crippen LogP contribution >= 0.6 is 0 Å². The third kappa shape index (κ3) is 6.01. The van der Waals surface area contributed by atoms with Gasteiger partial charge in [-0.2, -0.15) is 0 Å². The van der Waals surface area contributed by atoms with Crippen molar-refractivity contribution in [2.45, 2.75) is 44.6 Å². The van der Waals surface area contributed by atoms with Gasteiger partial charge in [0.25, 0.3) is 0 Å². The standard InChI is InChI=1S/C27H33N3O4S/c1-4-21-9-11-24(12-10-21)35(31,32)29-20(3)26-13-14-28-27(25(26)5-2)34-23-8-6-7-22(19-23)30-15-17-33-18-16-30/h6-14,19-20,29H,4-5,15-18H2,1-3H3. The number of nitrogens with zero attached hydrogens (tertiary/aromatic N) is 2. The van der Waals surface area contributed by atoms with E-state index >= 15 is 0 Å². The van der Waals surface area contributed by atoms with E-state index in [1.165, 1.54) is 0 Å². The molecule has 1 saturated heterocycles. The van der Waals surface area contributed by atoms with E-state index in [0.29, 0.717) is 31.3 Å². The van der Waals surface area contributed by atoms with Gasteiger partial charge in [-0.15, -0.1) is 0 Å². The minimum atomic E-state index is -3.67. The Hall–Kier alpha value is -2.94. The summed E-state index contributed by atoms with van der Waals surface area (Å²) in [5.41, 5.74) is 3.89. The highest BCUT2D eigenvalue weighted by atomic mass is 32.2. The summed E-state index contributed by atoms with van der Waals surface area (Å²) in [6.45, 7) is 9.01. The maximum atomic E-state index is 13.0. The molecule has 0 spiro atoms. The Bertz CT molecular complexity index is 1240. The number of nitrogens with one attached hydrogen (secondary N) is 1. The number of ether oxygens (including phenoxy) is 2. The second kappa shape index (κ2) is 11.2. The molecule has 1 aliphatic rings. The van der Waals surface area contributed by atoms with Gasteiger partial charge in [-0.3, -0.25) is 0 Å². The summed E-state index contributed by atoms with van der Waals surface area (Å²) < 4.78 is 40.5. The van der Waals surface area contributed by atoms with Crippen molar-refractivity contribution in [1.29, 1.82) is 0 Å². The van der Waals surface area contributed by atoms with Crippen molar-refractivity contribution in [2.24, 2.45) is 0 Å². The van der Waals surface area contributed by atoms with E-state index < -0.39 is 16.1 Å². The smallest absolute Gasteiger partial charge is 0.241 e. The number of rotatable bonds is 9. The van der Waals surface area contributed by atoms with Crippen LogP contribution in [-0.2, 0) is 27.6 Å². The Labute approximate surface area is 208 Å². The first-order valence-corrected chi connectivity index (χ1v) is 13.6. The largest absolute Gasteiger partial charge is 0.439 e. The molecule has 35 heavy (non-hydrogen) atoms. The summed E-state index contributed by atoms with van der Waals surface area (Å²) in [6.07, 6.45) is 3.18. The fourth-order valence-corrected chi connectivity index (χ4v) is 5.50. The Morgan fingerprint density at radius 1 is 1.06 bits per heavy atom. The predicted molar refractivity (Wildman–Crippen MR) is 138 cm³/mol. The number of hydrogen-bond donors (Lipinski definition) is 1. The Morgan fingerprint density at radius 3 is 2.49 bits per heavy atom. The SMILES string of the molecule is CCc1ccc(S(=O)(=O)NC(C)c2ccnc(Oc3cccc(N4CCOCC4)c3)c2CC)cc1. The average molecular weight is 496 g/mol. The minimum Gasteiger partial charge on any atom is -0.439 e. The van der Waals surface area contributed by atoms with Crippen molar-refractivity contribution < 1.29 is 17.9 Å². The van der Waals surface area contributed by atoms with Gasteiger partial charge in [0, 0.05) is 42.6 Å². The zero-order valence-electron chi connectivity index (χ0n) is 20.5. The molecule has 3 aromatic rings. The lowest BCUT2D eigenvalue weighted by Crippen LogP contribution is -2.36. The van der Waals surface area contributed by atoms with Crippen LogP contribution in [0.2, 0.25) is 0 Å². The quantitative estimate of drug-likeness (QED) is 0.456. The van der Waals surface area contributed by atoms with Crippen molar-refractivity contribution in [3.8, 4) is 11.6 Å². The molecule has 4 rings (SSSR count). The highest BCUT2D eigenvalue weighted by Crippen LogP contribution is 2.31. The normalized spacial score (nSPS) is 15.1. The van der Waals surface area contributed by atoms with Crippen LogP contribution in [0.1, 0.15) is 43.5 Å². The minimum absolute atomic E-state index is 0.255. The molecule has 1 N–H and O–H groups in total. The molecule has 1 aromatic heterocycles. The van der Waals surface area contributed by atoms with Crippen LogP contribution in [0.5, 0.6) is 11.6 Å². The summed E-state index contributed by atoms with van der Waals surface area (Å²) in [6, 6.07) is 16.3. The fourth-order valence-electron chi connectivity index (χ4n) is 4.28. The van der Waals surface area contributed by atoms with Gasteiger partial charge < -0.3 is 14.4 Å². The second-order valence-electron chi connectivity index (χ2n) is 8.58. The van der Waals surface area contributed by atoms with Gasteiger partial charge in [0.15, 0.2) is 0 Å². The van der Waals surface area contributed by atoms with Gasteiger partial charge >= 0.3 is 0 Å². The number of benzene rings is 2. The molecule has 0 aliphatic carbocycles. The number of morpholine rings is 1. The lowest BCUT2D eigenvalue weighted by Gasteiger charge is -2.29. The van der Waals surface area contributed by atoms with Crippen LogP contribution in [0, 0.1) is 0 Å². The molecule has 1 unspecified atom stereocenters. The van der Waals surface area contributed by atoms with E-state index in [2.05, 4.69) is 20.7 Å². The maximum absolute atomic E-state index is 13.0. The summed E-state index contributed by atoms with van der Waals surface area (Å²) in [4.78, 5) is 6.99. The number of sulfonamides is 1. The lowest BCUT2D eigenvalue weighted by atomic mass is 10.0. The van der Waals surface area contributed by atoms with Crippen LogP contribution in [-0.4, -0.2) is 39.7 Å². The van der Waals surface area contributed by atoms with Crippen LogP contribution in [0.15, 0.2) is 65.7 Å². The first-order chi connectivity index (χ1) is 16.9. The number of hydrogen-bond acceptors (Lipinski definition) is 6. The van der Waals surface area contributed by atoms with E-state index in [1.807, 2.05) is 57.2 Å². The van der Waals surface area contributed by atoms with E-state index in [0.717, 1.165) is 41.9 Å². The van der Waals surface area contributed by atoms with Crippen LogP contribution < -0.4 is 14.4 Å². The third-order valence-electron chi connectivity index (χ3n) is 6.25. The van der Waals surface area contributed by atoms with Crippen LogP contribution in [0.25, 0.3) is 0 Å². The lowest BCUT2D eigenvalue weighted by molar-refractivity contribution is 0.122. The zero-order chi connectivity index (χ0) is 24.8. The number of anilines is 1. The Balaban J connectivity index is 1.55. The molecule has 0 radical (unpaired) electrons. The average Bonchev–Trinajstić information content (AvgIpc) is 2.89. The van der Waals surface area contributed by atoms with Gasteiger partial charge in [0.1, 0.15) is 5.75 Å². The zero-order valence-corrected chi connectivity index (χ0v) is 21.3. The van der Waals surface area contributed by atoms with Crippen molar-refractivity contribution in [2.75, 3.05) is 31.2 Å². The molecular weight excluding hydrogens is 462 g/mol. The maximum Gasteiger partial charge on any atom is 0.241 e. The summed E-state index contributed by atoms with van der Waals surface area (Å²) >= 11 is 0. The molecule has 2 heterocycles. The Morgan fingerprint density at radius 2 is 1.80 bits per heavy atom. The molecule has 1 aliphatic heterocycles. The van der Waals surface area contributed by atoms with Crippen LogP contribution in [0.4, 0.5) is 5.69 Å². The summed E-state index contributed by atoms with van der Waals surface area (Å²) in [5, 5.41) is 0.